The van der Waals surface area contributed by atoms with Gasteiger partial charge >= 0.3 is 6.03 Å². The van der Waals surface area contributed by atoms with Gasteiger partial charge in [0.2, 0.25) is 0 Å². The number of imide groups is 2. The number of anilines is 2. The highest BCUT2D eigenvalue weighted by atomic mass is 79.9. The minimum atomic E-state index is -0.880. The predicted molar refractivity (Wildman–Crippen MR) is 148 cm³/mol. The van der Waals surface area contributed by atoms with Crippen molar-refractivity contribution in [2.75, 3.05) is 16.8 Å². The van der Waals surface area contributed by atoms with E-state index in [1.165, 1.54) is 30.3 Å². The van der Waals surface area contributed by atoms with Crippen LogP contribution in [0.1, 0.15) is 11.1 Å². The Morgan fingerprint density at radius 3 is 2.51 bits per heavy atom. The van der Waals surface area contributed by atoms with Gasteiger partial charge in [0.1, 0.15) is 11.3 Å². The van der Waals surface area contributed by atoms with Crippen LogP contribution in [0.15, 0.2) is 75.2 Å². The van der Waals surface area contributed by atoms with Gasteiger partial charge in [0.05, 0.1) is 10.2 Å². The van der Waals surface area contributed by atoms with Gasteiger partial charge < -0.3 is 10.1 Å². The molecule has 37 heavy (non-hydrogen) atoms. The minimum Gasteiger partial charge on any atom is -0.482 e. The number of ether oxygens (including phenoxy) is 1. The Hall–Kier alpha value is -3.47. The third kappa shape index (κ3) is 6.27. The molecule has 0 atom stereocenters. The van der Waals surface area contributed by atoms with Gasteiger partial charge in [-0.1, -0.05) is 39.7 Å². The van der Waals surface area contributed by atoms with Gasteiger partial charge in [-0.15, -0.1) is 0 Å². The number of carbonyl (C=O) groups excluding carboxylic acids is 4. The molecule has 0 bridgehead atoms. The molecule has 0 spiro atoms. The number of aryl methyl sites for hydroxylation is 1. The van der Waals surface area contributed by atoms with Gasteiger partial charge in [0.25, 0.3) is 17.7 Å². The molecule has 8 nitrogen and oxygen atoms in total. The number of halogens is 3. The predicted octanol–water partition coefficient (Wildman–Crippen LogP) is 5.86. The lowest BCUT2D eigenvalue weighted by molar-refractivity contribution is -0.122. The molecule has 0 unspecified atom stereocenters. The average molecular weight is 648 g/mol. The Morgan fingerprint density at radius 1 is 1.08 bits per heavy atom. The molecule has 3 aromatic rings. The molecule has 0 saturated carbocycles. The zero-order valence-electron chi connectivity index (χ0n) is 19.2. The van der Waals surface area contributed by atoms with E-state index >= 15 is 0 Å². The van der Waals surface area contributed by atoms with E-state index in [0.29, 0.717) is 25.2 Å². The van der Waals surface area contributed by atoms with E-state index in [4.69, 9.17) is 16.3 Å². The van der Waals surface area contributed by atoms with Crippen molar-refractivity contribution in [2.24, 2.45) is 0 Å². The zero-order chi connectivity index (χ0) is 26.7. The molecule has 0 radical (unpaired) electrons. The molecule has 11 heteroatoms. The van der Waals surface area contributed by atoms with Crippen molar-refractivity contribution in [1.82, 2.24) is 5.32 Å². The number of amides is 5. The Labute approximate surface area is 233 Å². The van der Waals surface area contributed by atoms with Crippen LogP contribution >= 0.6 is 43.5 Å². The summed E-state index contributed by atoms with van der Waals surface area (Å²) in [5.74, 6) is -1.86. The van der Waals surface area contributed by atoms with E-state index in [2.05, 4.69) is 42.5 Å². The van der Waals surface area contributed by atoms with E-state index in [9.17, 15) is 19.2 Å². The van der Waals surface area contributed by atoms with Gasteiger partial charge in [-0.25, -0.2) is 9.69 Å². The number of rotatable bonds is 6. The molecule has 188 valence electrons. The molecule has 0 aromatic heterocycles. The van der Waals surface area contributed by atoms with Crippen molar-refractivity contribution in [3.63, 3.8) is 0 Å². The summed E-state index contributed by atoms with van der Waals surface area (Å²) >= 11 is 12.7. The largest absolute Gasteiger partial charge is 0.482 e. The van der Waals surface area contributed by atoms with Crippen LogP contribution in [0, 0.1) is 6.92 Å². The van der Waals surface area contributed by atoms with Crippen molar-refractivity contribution in [1.29, 1.82) is 0 Å². The fourth-order valence-corrected chi connectivity index (χ4v) is 5.03. The monoisotopic (exact) mass is 645 g/mol. The number of urea groups is 1. The first-order valence-corrected chi connectivity index (χ1v) is 12.7. The van der Waals surface area contributed by atoms with Crippen LogP contribution in [0.25, 0.3) is 6.08 Å². The SMILES string of the molecule is Cc1cccc(NC(=O)COc2c(Br)cc(Br)cc2/C=C2/C(=O)NC(=O)N(c3ccc(Cl)cc3)C2=O)c1. The summed E-state index contributed by atoms with van der Waals surface area (Å²) in [5.41, 5.74) is 1.89. The summed E-state index contributed by atoms with van der Waals surface area (Å²) < 4.78 is 6.88. The van der Waals surface area contributed by atoms with E-state index in [1.54, 1.807) is 18.2 Å². The molecule has 1 fully saturated rings. The quantitative estimate of drug-likeness (QED) is 0.258. The number of nitrogens with one attached hydrogen (secondary N) is 2. The first-order chi connectivity index (χ1) is 17.6. The molecular weight excluding hydrogens is 630 g/mol. The van der Waals surface area contributed by atoms with Gasteiger partial charge in [0, 0.05) is 20.7 Å². The first kappa shape index (κ1) is 26.6. The number of hydrogen-bond donors (Lipinski definition) is 2. The zero-order valence-corrected chi connectivity index (χ0v) is 23.1. The number of benzene rings is 3. The Morgan fingerprint density at radius 2 is 1.81 bits per heavy atom. The maximum absolute atomic E-state index is 13.2. The van der Waals surface area contributed by atoms with Crippen LogP contribution in [-0.4, -0.2) is 30.4 Å². The molecule has 1 aliphatic heterocycles. The summed E-state index contributed by atoms with van der Waals surface area (Å²) in [6.07, 6.45) is 1.30. The maximum atomic E-state index is 13.2. The van der Waals surface area contributed by atoms with Crippen molar-refractivity contribution < 1.29 is 23.9 Å². The summed E-state index contributed by atoms with van der Waals surface area (Å²) in [5, 5.41) is 5.35. The van der Waals surface area contributed by atoms with Gasteiger partial charge in [0.15, 0.2) is 6.61 Å². The first-order valence-electron chi connectivity index (χ1n) is 10.8. The van der Waals surface area contributed by atoms with E-state index in [0.717, 1.165) is 10.5 Å². The Bertz CT molecular complexity index is 1460. The molecule has 3 aromatic carbocycles. The van der Waals surface area contributed by atoms with Crippen molar-refractivity contribution in [2.45, 2.75) is 6.92 Å². The number of hydrogen-bond acceptors (Lipinski definition) is 5. The summed E-state index contributed by atoms with van der Waals surface area (Å²) in [7, 11) is 0. The van der Waals surface area contributed by atoms with E-state index in [1.807, 2.05) is 25.1 Å². The molecular formula is C26H18Br2ClN3O5. The standard InChI is InChI=1S/C26H18Br2ClN3O5/c1-14-3-2-4-18(9-14)30-22(33)13-37-23-15(10-16(27)12-21(23)28)11-20-24(34)31-26(36)32(25(20)35)19-7-5-17(29)6-8-19/h2-12H,13H2,1H3,(H,30,33)(H,31,34,36)/b20-11-. The molecule has 0 aliphatic carbocycles. The van der Waals surface area contributed by atoms with Gasteiger partial charge in [-0.2, -0.15) is 0 Å². The van der Waals surface area contributed by atoms with Crippen LogP contribution in [0.4, 0.5) is 16.2 Å². The summed E-state index contributed by atoms with van der Waals surface area (Å²) in [6, 6.07) is 15.8. The van der Waals surface area contributed by atoms with Crippen LogP contribution in [0.2, 0.25) is 5.02 Å². The van der Waals surface area contributed by atoms with Gasteiger partial charge in [-0.3, -0.25) is 19.7 Å². The third-order valence-electron chi connectivity index (χ3n) is 5.17. The van der Waals surface area contributed by atoms with Crippen molar-refractivity contribution in [3.8, 4) is 5.75 Å². The van der Waals surface area contributed by atoms with Crippen LogP contribution in [0.3, 0.4) is 0 Å². The Balaban J connectivity index is 1.62. The van der Waals surface area contributed by atoms with E-state index in [-0.39, 0.29) is 23.6 Å². The van der Waals surface area contributed by atoms with E-state index < -0.39 is 23.8 Å². The molecule has 2 N–H and O–H groups in total. The lowest BCUT2D eigenvalue weighted by Crippen LogP contribution is -2.54. The second kappa shape index (κ2) is 11.3. The summed E-state index contributed by atoms with van der Waals surface area (Å²) in [6.45, 7) is 1.58. The highest BCUT2D eigenvalue weighted by Gasteiger charge is 2.37. The van der Waals surface area contributed by atoms with Crippen LogP contribution < -0.4 is 20.3 Å². The highest BCUT2D eigenvalue weighted by molar-refractivity contribution is 9.11. The molecule has 1 saturated heterocycles. The molecule has 1 heterocycles. The lowest BCUT2D eigenvalue weighted by Gasteiger charge is -2.26. The second-order valence-electron chi connectivity index (χ2n) is 7.95. The normalized spacial score (nSPS) is 14.5. The topological polar surface area (TPSA) is 105 Å². The van der Waals surface area contributed by atoms with Crippen LogP contribution in [-0.2, 0) is 14.4 Å². The smallest absolute Gasteiger partial charge is 0.335 e. The second-order valence-corrected chi connectivity index (χ2v) is 10.2. The number of nitrogens with zero attached hydrogens (tertiary/aromatic N) is 1. The fourth-order valence-electron chi connectivity index (χ4n) is 3.53. The summed E-state index contributed by atoms with van der Waals surface area (Å²) in [4.78, 5) is 51.6. The molecule has 5 amide bonds. The number of barbiturate groups is 1. The van der Waals surface area contributed by atoms with Gasteiger partial charge in [-0.05, 0) is 83.0 Å². The van der Waals surface area contributed by atoms with Crippen molar-refractivity contribution >= 4 is 84.7 Å². The third-order valence-corrected chi connectivity index (χ3v) is 6.47. The number of carbonyl (C=O) groups is 4. The van der Waals surface area contributed by atoms with Crippen LogP contribution in [0.5, 0.6) is 5.75 Å². The molecule has 4 rings (SSSR count). The minimum absolute atomic E-state index is 0.227. The Kier molecular flexibility index (Phi) is 8.11. The average Bonchev–Trinajstić information content (AvgIpc) is 2.82. The maximum Gasteiger partial charge on any atom is 0.335 e. The highest BCUT2D eigenvalue weighted by Crippen LogP contribution is 2.35. The fraction of sp³-hybridized carbons (Fsp3) is 0.0769. The lowest BCUT2D eigenvalue weighted by atomic mass is 10.1. The molecule has 1 aliphatic rings. The van der Waals surface area contributed by atoms with Crippen molar-refractivity contribution in [3.05, 3.63) is 91.3 Å².